The summed E-state index contributed by atoms with van der Waals surface area (Å²) in [5.74, 6) is -0.275. The van der Waals surface area contributed by atoms with Crippen molar-refractivity contribution in [2.75, 3.05) is 7.11 Å². The second-order valence-electron chi connectivity index (χ2n) is 7.36. The molecule has 26 heavy (non-hydrogen) atoms. The number of carbonyl (C=O) groups excluding carboxylic acids is 1. The molecule has 136 valence electrons. The quantitative estimate of drug-likeness (QED) is 0.669. The first-order valence-electron chi connectivity index (χ1n) is 8.53. The van der Waals surface area contributed by atoms with Gasteiger partial charge in [0.25, 0.3) is 0 Å². The highest BCUT2D eigenvalue weighted by molar-refractivity contribution is 5.82. The van der Waals surface area contributed by atoms with E-state index in [1.54, 1.807) is 6.08 Å². The fourth-order valence-electron chi connectivity index (χ4n) is 3.01. The van der Waals surface area contributed by atoms with Gasteiger partial charge in [-0.05, 0) is 35.6 Å². The van der Waals surface area contributed by atoms with Crippen molar-refractivity contribution in [3.8, 4) is 0 Å². The van der Waals surface area contributed by atoms with Gasteiger partial charge in [-0.25, -0.2) is 4.79 Å². The van der Waals surface area contributed by atoms with Crippen LogP contribution in [-0.4, -0.2) is 33.2 Å². The lowest BCUT2D eigenvalue weighted by Gasteiger charge is -2.30. The third-order valence-corrected chi connectivity index (χ3v) is 4.43. The number of rotatable bonds is 3. The van der Waals surface area contributed by atoms with Crippen molar-refractivity contribution < 1.29 is 14.6 Å². The van der Waals surface area contributed by atoms with Crippen molar-refractivity contribution in [1.29, 1.82) is 0 Å². The molecule has 1 unspecified atom stereocenters. The minimum atomic E-state index is -0.404. The van der Waals surface area contributed by atoms with Crippen LogP contribution in [0.15, 0.2) is 53.8 Å². The highest BCUT2D eigenvalue weighted by Gasteiger charge is 2.30. The maximum atomic E-state index is 11.4. The molecule has 0 saturated heterocycles. The molecule has 2 aromatic rings. The second kappa shape index (κ2) is 6.78. The van der Waals surface area contributed by atoms with Gasteiger partial charge in [0.05, 0.1) is 7.11 Å². The summed E-state index contributed by atoms with van der Waals surface area (Å²) < 4.78 is 4.67. The molecule has 0 radical (unpaired) electrons. The van der Waals surface area contributed by atoms with Crippen molar-refractivity contribution in [2.24, 2.45) is 11.3 Å². The Hall–Kier alpha value is -2.89. The van der Waals surface area contributed by atoms with Crippen molar-refractivity contribution in [3.63, 3.8) is 0 Å². The summed E-state index contributed by atoms with van der Waals surface area (Å²) in [6.07, 6.45) is 5.69. The fourth-order valence-corrected chi connectivity index (χ4v) is 3.01. The summed E-state index contributed by atoms with van der Waals surface area (Å²) >= 11 is 0. The van der Waals surface area contributed by atoms with Crippen LogP contribution in [0.25, 0.3) is 16.7 Å². The predicted molar refractivity (Wildman–Crippen MR) is 100 cm³/mol. The molecule has 6 heteroatoms. The van der Waals surface area contributed by atoms with Gasteiger partial charge >= 0.3 is 5.97 Å². The number of aromatic nitrogens is 3. The number of aliphatic hydroxyl groups is 1. The van der Waals surface area contributed by atoms with E-state index in [0.717, 1.165) is 16.6 Å². The largest absolute Gasteiger partial charge is 0.506 e. The minimum absolute atomic E-state index is 0.0664. The molecule has 3 rings (SSSR count). The Kier molecular flexibility index (Phi) is 4.68. The van der Waals surface area contributed by atoms with Crippen molar-refractivity contribution >= 4 is 22.7 Å². The summed E-state index contributed by atoms with van der Waals surface area (Å²) in [7, 11) is 1.35. The van der Waals surface area contributed by atoms with Crippen LogP contribution < -0.4 is 0 Å². The SMILES string of the molecule is COC(=O)C=CC1C=C(n2nc3ccccc3n2)C(O)=C(C(C)(C)C)C1. The number of ether oxygens (including phenoxy) is 1. The van der Waals surface area contributed by atoms with Gasteiger partial charge in [-0.15, -0.1) is 15.0 Å². The first-order chi connectivity index (χ1) is 12.3. The summed E-state index contributed by atoms with van der Waals surface area (Å²) in [5.41, 5.74) is 2.71. The molecule has 1 aliphatic rings. The van der Waals surface area contributed by atoms with E-state index in [0.29, 0.717) is 12.1 Å². The lowest BCUT2D eigenvalue weighted by molar-refractivity contribution is -0.134. The highest BCUT2D eigenvalue weighted by atomic mass is 16.5. The van der Waals surface area contributed by atoms with Crippen LogP contribution in [0.2, 0.25) is 0 Å². The molecule has 0 saturated carbocycles. The van der Waals surface area contributed by atoms with Gasteiger partial charge in [-0.1, -0.05) is 39.0 Å². The standard InChI is InChI=1S/C20H23N3O3/c1-20(2,3)14-11-13(9-10-18(24)26-4)12-17(19(14)25)23-21-15-7-5-6-8-16(15)22-23/h5-10,12-13,25H,11H2,1-4H3. The zero-order valence-electron chi connectivity index (χ0n) is 15.4. The molecule has 0 aliphatic heterocycles. The van der Waals surface area contributed by atoms with Crippen molar-refractivity contribution in [1.82, 2.24) is 15.0 Å². The predicted octanol–water partition coefficient (Wildman–Crippen LogP) is 3.88. The molecule has 1 atom stereocenters. The lowest BCUT2D eigenvalue weighted by Crippen LogP contribution is -2.21. The van der Waals surface area contributed by atoms with Gasteiger partial charge in [0.15, 0.2) is 0 Å². The summed E-state index contributed by atoms with van der Waals surface area (Å²) in [6.45, 7) is 6.15. The smallest absolute Gasteiger partial charge is 0.330 e. The van der Waals surface area contributed by atoms with Gasteiger partial charge in [-0.3, -0.25) is 0 Å². The normalized spacial score (nSPS) is 18.5. The fraction of sp³-hybridized carbons (Fsp3) is 0.350. The summed E-state index contributed by atoms with van der Waals surface area (Å²) in [4.78, 5) is 12.9. The first kappa shape index (κ1) is 17.9. The molecular weight excluding hydrogens is 330 g/mol. The molecule has 1 aromatic carbocycles. The molecule has 1 N–H and O–H groups in total. The van der Waals surface area contributed by atoms with E-state index in [9.17, 15) is 9.90 Å². The lowest BCUT2D eigenvalue weighted by atomic mass is 9.77. The second-order valence-corrected chi connectivity index (χ2v) is 7.36. The Morgan fingerprint density at radius 3 is 2.42 bits per heavy atom. The van der Waals surface area contributed by atoms with E-state index in [2.05, 4.69) is 35.7 Å². The van der Waals surface area contributed by atoms with Crippen LogP contribution >= 0.6 is 0 Å². The number of carbonyl (C=O) groups is 1. The Bertz CT molecular complexity index is 896. The van der Waals surface area contributed by atoms with Crippen LogP contribution in [0.5, 0.6) is 0 Å². The number of methoxy groups -OCH3 is 1. The third kappa shape index (κ3) is 3.54. The molecule has 0 spiro atoms. The van der Waals surface area contributed by atoms with Crippen molar-refractivity contribution in [3.05, 3.63) is 53.8 Å². The zero-order chi connectivity index (χ0) is 18.9. The number of esters is 1. The van der Waals surface area contributed by atoms with Crippen LogP contribution in [-0.2, 0) is 9.53 Å². The van der Waals surface area contributed by atoms with Crippen LogP contribution in [0.3, 0.4) is 0 Å². The number of hydrogen-bond acceptors (Lipinski definition) is 5. The van der Waals surface area contributed by atoms with Crippen LogP contribution in [0, 0.1) is 11.3 Å². The average molecular weight is 353 g/mol. The molecule has 6 nitrogen and oxygen atoms in total. The molecule has 0 bridgehead atoms. The Balaban J connectivity index is 2.07. The summed E-state index contributed by atoms with van der Waals surface area (Å²) in [5, 5.41) is 19.8. The van der Waals surface area contributed by atoms with E-state index in [1.807, 2.05) is 30.3 Å². The molecule has 0 fully saturated rings. The minimum Gasteiger partial charge on any atom is -0.506 e. The molecule has 1 aliphatic carbocycles. The van der Waals surface area contributed by atoms with Gasteiger partial charge in [-0.2, -0.15) is 0 Å². The average Bonchev–Trinajstić information content (AvgIpc) is 3.03. The zero-order valence-corrected chi connectivity index (χ0v) is 15.4. The molecule has 1 heterocycles. The van der Waals surface area contributed by atoms with E-state index >= 15 is 0 Å². The highest BCUT2D eigenvalue weighted by Crippen LogP contribution is 2.40. The Morgan fingerprint density at radius 2 is 1.88 bits per heavy atom. The number of hydrogen-bond donors (Lipinski definition) is 1. The maximum Gasteiger partial charge on any atom is 0.330 e. The first-order valence-corrected chi connectivity index (χ1v) is 8.53. The monoisotopic (exact) mass is 353 g/mol. The number of benzene rings is 1. The van der Waals surface area contributed by atoms with Crippen molar-refractivity contribution in [2.45, 2.75) is 27.2 Å². The number of fused-ring (bicyclic) bond motifs is 1. The molecular formula is C20H23N3O3. The van der Waals surface area contributed by atoms with Gasteiger partial charge < -0.3 is 9.84 Å². The van der Waals surface area contributed by atoms with E-state index in [1.165, 1.54) is 18.0 Å². The van der Waals surface area contributed by atoms with Gasteiger partial charge in [0.1, 0.15) is 22.5 Å². The van der Waals surface area contributed by atoms with Crippen LogP contribution in [0.4, 0.5) is 0 Å². The maximum absolute atomic E-state index is 11.4. The molecule has 1 aromatic heterocycles. The van der Waals surface area contributed by atoms with Gasteiger partial charge in [0, 0.05) is 12.0 Å². The number of allylic oxidation sites excluding steroid dienone is 4. The Labute approximate surface area is 152 Å². The van der Waals surface area contributed by atoms with Crippen LogP contribution in [0.1, 0.15) is 27.2 Å². The summed E-state index contributed by atoms with van der Waals surface area (Å²) in [6, 6.07) is 7.55. The third-order valence-electron chi connectivity index (χ3n) is 4.43. The molecule has 0 amide bonds. The van der Waals surface area contributed by atoms with E-state index in [4.69, 9.17) is 0 Å². The van der Waals surface area contributed by atoms with E-state index < -0.39 is 5.97 Å². The van der Waals surface area contributed by atoms with Gasteiger partial charge in [0.2, 0.25) is 0 Å². The topological polar surface area (TPSA) is 77.2 Å². The number of nitrogens with zero attached hydrogens (tertiary/aromatic N) is 3. The number of aliphatic hydroxyl groups excluding tert-OH is 1. The van der Waals surface area contributed by atoms with E-state index in [-0.39, 0.29) is 17.1 Å². The Morgan fingerprint density at radius 1 is 1.27 bits per heavy atom.